The third-order valence-corrected chi connectivity index (χ3v) is 2.45. The minimum atomic E-state index is -0.315. The van der Waals surface area contributed by atoms with E-state index in [-0.39, 0.29) is 5.82 Å². The predicted octanol–water partition coefficient (Wildman–Crippen LogP) is 1.65. The van der Waals surface area contributed by atoms with Crippen molar-refractivity contribution in [3.8, 4) is 0 Å². The molecule has 1 aromatic heterocycles. The van der Waals surface area contributed by atoms with Crippen LogP contribution in [-0.2, 0) is 6.54 Å². The summed E-state index contributed by atoms with van der Waals surface area (Å²) in [5.74, 6) is -0.315. The van der Waals surface area contributed by atoms with Crippen LogP contribution in [0.3, 0.4) is 0 Å². The van der Waals surface area contributed by atoms with Gasteiger partial charge in [0.2, 0.25) is 5.71 Å². The predicted molar refractivity (Wildman–Crippen MR) is 62.3 cm³/mol. The fourth-order valence-corrected chi connectivity index (χ4v) is 1.57. The summed E-state index contributed by atoms with van der Waals surface area (Å²) in [5.41, 5.74) is 1.26. The largest absolute Gasteiger partial charge is 0.624 e. The molecule has 0 atom stereocenters. The van der Waals surface area contributed by atoms with E-state index in [2.05, 4.69) is 4.98 Å². The Morgan fingerprint density at radius 1 is 1.41 bits per heavy atom. The van der Waals surface area contributed by atoms with Gasteiger partial charge in [0.1, 0.15) is 19.4 Å². The Labute approximate surface area is 98.2 Å². The first-order valence-electron chi connectivity index (χ1n) is 5.15. The molecule has 0 saturated carbocycles. The van der Waals surface area contributed by atoms with Crippen LogP contribution in [0, 0.1) is 11.0 Å². The van der Waals surface area contributed by atoms with Crippen molar-refractivity contribution in [2.75, 3.05) is 7.05 Å². The van der Waals surface area contributed by atoms with Crippen LogP contribution in [-0.4, -0.2) is 27.0 Å². The second-order valence-corrected chi connectivity index (χ2v) is 3.69. The van der Waals surface area contributed by atoms with Gasteiger partial charge in [0.15, 0.2) is 0 Å². The summed E-state index contributed by atoms with van der Waals surface area (Å²) in [6.45, 7) is 0.408. The third-order valence-electron chi connectivity index (χ3n) is 2.45. The number of rotatable bonds is 3. The molecule has 0 aliphatic carbocycles. The van der Waals surface area contributed by atoms with Crippen LogP contribution >= 0.6 is 0 Å². The summed E-state index contributed by atoms with van der Waals surface area (Å²) in [6, 6.07) is 5.87. The van der Waals surface area contributed by atoms with Crippen molar-refractivity contribution in [1.29, 1.82) is 0 Å². The standard InChI is InChI=1S/C12H12FN3O/c1-15(17)12(8-16-7-6-14-9-16)10-2-4-11(13)5-3-10/h2-7,9H,8H2,1H3/b15-12+. The first-order valence-corrected chi connectivity index (χ1v) is 5.15. The normalized spacial score (nSPS) is 12.4. The first kappa shape index (κ1) is 11.3. The van der Waals surface area contributed by atoms with E-state index in [0.717, 1.165) is 4.74 Å². The van der Waals surface area contributed by atoms with Crippen LogP contribution in [0.15, 0.2) is 43.0 Å². The zero-order chi connectivity index (χ0) is 12.3. The van der Waals surface area contributed by atoms with Crippen molar-refractivity contribution in [2.45, 2.75) is 6.54 Å². The number of benzene rings is 1. The maximum atomic E-state index is 12.8. The van der Waals surface area contributed by atoms with Gasteiger partial charge in [-0.3, -0.25) is 0 Å². The molecule has 4 nitrogen and oxygen atoms in total. The molecule has 2 rings (SSSR count). The number of hydrogen-bond donors (Lipinski definition) is 0. The number of hydrogen-bond acceptors (Lipinski definition) is 2. The van der Waals surface area contributed by atoms with Crippen molar-refractivity contribution in [1.82, 2.24) is 9.55 Å². The minimum Gasteiger partial charge on any atom is -0.624 e. The fourth-order valence-electron chi connectivity index (χ4n) is 1.57. The minimum absolute atomic E-state index is 0.315. The summed E-state index contributed by atoms with van der Waals surface area (Å²) in [6.07, 6.45) is 5.05. The lowest BCUT2D eigenvalue weighted by atomic mass is 10.1. The van der Waals surface area contributed by atoms with Gasteiger partial charge in [-0.15, -0.1) is 0 Å². The van der Waals surface area contributed by atoms with Gasteiger partial charge < -0.3 is 9.77 Å². The van der Waals surface area contributed by atoms with Gasteiger partial charge in [0, 0.05) is 18.0 Å². The fraction of sp³-hybridized carbons (Fsp3) is 0.167. The summed E-state index contributed by atoms with van der Waals surface area (Å²) in [5, 5.41) is 11.5. The molecule has 5 heteroatoms. The molecule has 0 N–H and O–H groups in total. The van der Waals surface area contributed by atoms with Gasteiger partial charge in [0.25, 0.3) is 0 Å². The van der Waals surface area contributed by atoms with Crippen molar-refractivity contribution < 1.29 is 9.13 Å². The molecule has 0 bridgehead atoms. The van der Waals surface area contributed by atoms with Crippen LogP contribution in [0.4, 0.5) is 4.39 Å². The van der Waals surface area contributed by atoms with E-state index in [1.54, 1.807) is 35.4 Å². The highest BCUT2D eigenvalue weighted by Gasteiger charge is 2.11. The molecule has 0 unspecified atom stereocenters. The Hall–Kier alpha value is -2.17. The van der Waals surface area contributed by atoms with Gasteiger partial charge in [-0.2, -0.15) is 0 Å². The molecular formula is C12H12FN3O. The highest BCUT2D eigenvalue weighted by molar-refractivity contribution is 5.96. The Bertz CT molecular complexity index is 513. The second kappa shape index (κ2) is 4.78. The lowest BCUT2D eigenvalue weighted by molar-refractivity contribution is -0.423. The van der Waals surface area contributed by atoms with E-state index in [1.807, 2.05) is 0 Å². The highest BCUT2D eigenvalue weighted by Crippen LogP contribution is 2.06. The van der Waals surface area contributed by atoms with Crippen molar-refractivity contribution in [2.24, 2.45) is 0 Å². The number of hydroxylamine groups is 1. The Morgan fingerprint density at radius 3 is 2.65 bits per heavy atom. The quantitative estimate of drug-likeness (QED) is 0.350. The number of aromatic nitrogens is 2. The van der Waals surface area contributed by atoms with E-state index < -0.39 is 0 Å². The molecule has 1 heterocycles. The SMILES string of the molecule is C/[N+]([O-])=C(/Cn1ccnc1)c1ccc(F)cc1. The maximum Gasteiger partial charge on any atom is 0.214 e. The van der Waals surface area contributed by atoms with Crippen molar-refractivity contribution in [3.05, 3.63) is 59.6 Å². The Kier molecular flexibility index (Phi) is 3.18. The van der Waals surface area contributed by atoms with E-state index in [1.165, 1.54) is 19.2 Å². The summed E-state index contributed by atoms with van der Waals surface area (Å²) in [4.78, 5) is 3.91. The Morgan fingerprint density at radius 2 is 2.12 bits per heavy atom. The van der Waals surface area contributed by atoms with Crippen LogP contribution in [0.1, 0.15) is 5.56 Å². The van der Waals surface area contributed by atoms with Gasteiger partial charge in [-0.25, -0.2) is 14.1 Å². The molecule has 0 fully saturated rings. The molecule has 17 heavy (non-hydrogen) atoms. The van der Waals surface area contributed by atoms with E-state index in [4.69, 9.17) is 0 Å². The third kappa shape index (κ3) is 2.69. The molecule has 0 radical (unpaired) electrons. The van der Waals surface area contributed by atoms with Gasteiger partial charge in [-0.1, -0.05) is 0 Å². The number of halogens is 1. The molecule has 0 aliphatic heterocycles. The molecule has 0 aliphatic rings. The highest BCUT2D eigenvalue weighted by atomic mass is 19.1. The van der Waals surface area contributed by atoms with Gasteiger partial charge in [0.05, 0.1) is 6.33 Å². The summed E-state index contributed by atoms with van der Waals surface area (Å²) in [7, 11) is 1.43. The molecule has 0 spiro atoms. The Balaban J connectivity index is 2.31. The van der Waals surface area contributed by atoms with E-state index in [9.17, 15) is 9.60 Å². The molecule has 0 saturated heterocycles. The maximum absolute atomic E-state index is 12.8. The smallest absolute Gasteiger partial charge is 0.214 e. The summed E-state index contributed by atoms with van der Waals surface area (Å²) >= 11 is 0. The lowest BCUT2D eigenvalue weighted by Crippen LogP contribution is -2.19. The van der Waals surface area contributed by atoms with Crippen molar-refractivity contribution in [3.63, 3.8) is 0 Å². The second-order valence-electron chi connectivity index (χ2n) is 3.69. The van der Waals surface area contributed by atoms with E-state index >= 15 is 0 Å². The zero-order valence-corrected chi connectivity index (χ0v) is 9.38. The van der Waals surface area contributed by atoms with Crippen LogP contribution in [0.25, 0.3) is 0 Å². The topological polar surface area (TPSA) is 43.9 Å². The molecular weight excluding hydrogens is 221 g/mol. The molecule has 1 aromatic carbocycles. The lowest BCUT2D eigenvalue weighted by Gasteiger charge is -2.08. The first-order chi connectivity index (χ1) is 8.16. The zero-order valence-electron chi connectivity index (χ0n) is 9.38. The average molecular weight is 233 g/mol. The number of nitrogens with zero attached hydrogens (tertiary/aromatic N) is 3. The monoisotopic (exact) mass is 233 g/mol. The average Bonchev–Trinajstić information content (AvgIpc) is 2.80. The summed E-state index contributed by atoms with van der Waals surface area (Å²) < 4.78 is 15.4. The molecule has 0 amide bonds. The van der Waals surface area contributed by atoms with Crippen molar-refractivity contribution >= 4 is 5.71 Å². The van der Waals surface area contributed by atoms with Gasteiger partial charge in [-0.05, 0) is 24.3 Å². The van der Waals surface area contributed by atoms with Crippen LogP contribution < -0.4 is 0 Å². The molecule has 88 valence electrons. The molecule has 2 aromatic rings. The van der Waals surface area contributed by atoms with Crippen LogP contribution in [0.5, 0.6) is 0 Å². The number of imidazole rings is 1. The van der Waals surface area contributed by atoms with E-state index in [0.29, 0.717) is 17.8 Å². The van der Waals surface area contributed by atoms with Crippen LogP contribution in [0.2, 0.25) is 0 Å². The van der Waals surface area contributed by atoms with Gasteiger partial charge >= 0.3 is 0 Å².